The van der Waals surface area contributed by atoms with Gasteiger partial charge in [-0.3, -0.25) is 29.4 Å². The van der Waals surface area contributed by atoms with E-state index in [0.717, 1.165) is 22.3 Å². The van der Waals surface area contributed by atoms with E-state index < -0.39 is 34.3 Å². The number of nitrogens with one attached hydrogen (secondary N) is 1. The smallest absolute Gasteiger partial charge is 0.341 e. The molecule has 2 heterocycles. The highest BCUT2D eigenvalue weighted by Gasteiger charge is 2.35. The Morgan fingerprint density at radius 2 is 1.75 bits per heavy atom. The van der Waals surface area contributed by atoms with Crippen molar-refractivity contribution < 1.29 is 33.6 Å². The van der Waals surface area contributed by atoms with Crippen LogP contribution in [-0.4, -0.2) is 47.2 Å². The zero-order valence-corrected chi connectivity index (χ0v) is 19.9. The van der Waals surface area contributed by atoms with Crippen molar-refractivity contribution in [2.45, 2.75) is 13.5 Å². The van der Waals surface area contributed by atoms with Gasteiger partial charge in [0.25, 0.3) is 17.7 Å². The summed E-state index contributed by atoms with van der Waals surface area (Å²) in [5.41, 5.74) is 0.185. The van der Waals surface area contributed by atoms with Crippen LogP contribution in [0.15, 0.2) is 48.5 Å². The molecule has 0 saturated carbocycles. The van der Waals surface area contributed by atoms with Crippen LogP contribution in [0.2, 0.25) is 0 Å². The van der Waals surface area contributed by atoms with Crippen LogP contribution in [0.3, 0.4) is 0 Å². The van der Waals surface area contributed by atoms with E-state index >= 15 is 0 Å². The lowest BCUT2D eigenvalue weighted by Crippen LogP contribution is -2.28. The van der Waals surface area contributed by atoms with Gasteiger partial charge >= 0.3 is 11.7 Å². The Hall–Kier alpha value is -4.58. The lowest BCUT2D eigenvalue weighted by molar-refractivity contribution is -0.385. The molecule has 0 aliphatic carbocycles. The number of esters is 1. The Kier molecular flexibility index (Phi) is 6.79. The highest BCUT2D eigenvalue weighted by atomic mass is 32.1. The fraction of sp³-hybridized carbons (Fsp3) is 0.167. The lowest BCUT2D eigenvalue weighted by Gasteiger charge is -2.12. The predicted octanol–water partition coefficient (Wildman–Crippen LogP) is 3.89. The van der Waals surface area contributed by atoms with Crippen LogP contribution in [0.5, 0.6) is 5.75 Å². The Morgan fingerprint density at radius 3 is 2.33 bits per heavy atom. The van der Waals surface area contributed by atoms with E-state index in [9.17, 15) is 29.3 Å². The average molecular weight is 509 g/mol. The number of rotatable bonds is 8. The second kappa shape index (κ2) is 9.96. The number of carbonyl (C=O) groups excluding carboxylic acids is 4. The minimum atomic E-state index is -0.710. The third-order valence-corrected chi connectivity index (χ3v) is 6.37. The molecule has 0 bridgehead atoms. The molecular weight excluding hydrogens is 490 g/mol. The van der Waals surface area contributed by atoms with Crippen molar-refractivity contribution in [1.29, 1.82) is 0 Å². The molecular formula is C24H19N3O8S. The van der Waals surface area contributed by atoms with Gasteiger partial charge in [0.1, 0.15) is 5.00 Å². The maximum absolute atomic E-state index is 12.9. The third-order valence-electron chi connectivity index (χ3n) is 5.34. The minimum absolute atomic E-state index is 0.0110. The summed E-state index contributed by atoms with van der Waals surface area (Å²) < 4.78 is 10.0. The number of methoxy groups -OCH3 is 1. The molecule has 36 heavy (non-hydrogen) atoms. The highest BCUT2D eigenvalue weighted by Crippen LogP contribution is 2.33. The van der Waals surface area contributed by atoms with E-state index in [-0.39, 0.29) is 35.0 Å². The zero-order chi connectivity index (χ0) is 26.0. The molecule has 0 spiro atoms. The molecule has 3 amide bonds. The average Bonchev–Trinajstić information content (AvgIpc) is 3.38. The molecule has 11 nitrogen and oxygen atoms in total. The number of imide groups is 1. The molecule has 1 aromatic heterocycles. The van der Waals surface area contributed by atoms with Crippen molar-refractivity contribution in [3.8, 4) is 5.75 Å². The van der Waals surface area contributed by atoms with E-state index in [1.54, 1.807) is 31.2 Å². The van der Waals surface area contributed by atoms with Crippen LogP contribution in [-0.2, 0) is 11.3 Å². The van der Waals surface area contributed by atoms with Gasteiger partial charge in [0.15, 0.2) is 5.75 Å². The molecule has 1 N–H and O–H groups in total. The van der Waals surface area contributed by atoms with Gasteiger partial charge in [-0.25, -0.2) is 4.79 Å². The van der Waals surface area contributed by atoms with Gasteiger partial charge in [-0.05, 0) is 37.3 Å². The molecule has 12 heteroatoms. The second-order valence-corrected chi connectivity index (χ2v) is 8.65. The van der Waals surface area contributed by atoms with E-state index in [2.05, 4.69) is 5.32 Å². The number of carbonyl (C=O) groups is 4. The van der Waals surface area contributed by atoms with E-state index in [4.69, 9.17) is 9.47 Å². The number of nitrogens with zero attached hydrogens (tertiary/aromatic N) is 2. The van der Waals surface area contributed by atoms with Crippen LogP contribution in [0, 0.1) is 10.1 Å². The summed E-state index contributed by atoms with van der Waals surface area (Å²) in [6.45, 7) is 1.59. The maximum Gasteiger partial charge on any atom is 0.341 e. The Balaban J connectivity index is 1.62. The second-order valence-electron chi connectivity index (χ2n) is 7.52. The van der Waals surface area contributed by atoms with Crippen molar-refractivity contribution in [2.75, 3.05) is 19.0 Å². The van der Waals surface area contributed by atoms with Gasteiger partial charge in [0.2, 0.25) is 0 Å². The first-order valence-corrected chi connectivity index (χ1v) is 11.5. The van der Waals surface area contributed by atoms with Crippen molar-refractivity contribution in [3.05, 3.63) is 85.8 Å². The standard InChI is InChI=1S/C24H19N3O8S/c1-3-35-24(31)17-11-14(12-26-22(29)15-6-4-5-7-16(15)23(26)30)36-21(17)25-20(28)13-8-9-19(34-2)18(10-13)27(32)33/h4-11H,3,12H2,1-2H3,(H,25,28). The Morgan fingerprint density at radius 1 is 1.08 bits per heavy atom. The van der Waals surface area contributed by atoms with Gasteiger partial charge in [-0.2, -0.15) is 0 Å². The number of fused-ring (bicyclic) bond motifs is 1. The van der Waals surface area contributed by atoms with E-state index in [1.807, 2.05) is 0 Å². The van der Waals surface area contributed by atoms with Crippen molar-refractivity contribution in [2.24, 2.45) is 0 Å². The summed E-state index contributed by atoms with van der Waals surface area (Å²) in [6.07, 6.45) is 0. The summed E-state index contributed by atoms with van der Waals surface area (Å²) in [5.74, 6) is -2.35. The first-order valence-electron chi connectivity index (χ1n) is 10.6. The number of amides is 3. The molecule has 4 rings (SSSR count). The Labute approximate surface area is 208 Å². The largest absolute Gasteiger partial charge is 0.490 e. The van der Waals surface area contributed by atoms with E-state index in [0.29, 0.717) is 16.0 Å². The quantitative estimate of drug-likeness (QED) is 0.208. The van der Waals surface area contributed by atoms with Gasteiger partial charge in [-0.1, -0.05) is 12.1 Å². The number of thiophene rings is 1. The van der Waals surface area contributed by atoms with Gasteiger partial charge in [0.05, 0.1) is 41.9 Å². The summed E-state index contributed by atoms with van der Waals surface area (Å²) in [7, 11) is 1.27. The zero-order valence-electron chi connectivity index (χ0n) is 19.1. The summed E-state index contributed by atoms with van der Waals surface area (Å²) in [5, 5.41) is 14.0. The van der Waals surface area contributed by atoms with Gasteiger partial charge < -0.3 is 14.8 Å². The number of anilines is 1. The first-order chi connectivity index (χ1) is 17.2. The van der Waals surface area contributed by atoms with Crippen molar-refractivity contribution in [3.63, 3.8) is 0 Å². The molecule has 0 fully saturated rings. The molecule has 1 aliphatic rings. The number of benzene rings is 2. The van der Waals surface area contributed by atoms with E-state index in [1.165, 1.54) is 25.3 Å². The topological polar surface area (TPSA) is 145 Å². The molecule has 0 atom stereocenters. The summed E-state index contributed by atoms with van der Waals surface area (Å²) in [4.78, 5) is 63.0. The minimum Gasteiger partial charge on any atom is -0.490 e. The molecule has 0 unspecified atom stereocenters. The van der Waals surface area contributed by atoms with Crippen LogP contribution < -0.4 is 10.1 Å². The number of nitro benzene ring substituents is 1. The number of hydrogen-bond donors (Lipinski definition) is 1. The maximum atomic E-state index is 12.9. The SMILES string of the molecule is CCOC(=O)c1cc(CN2C(=O)c3ccccc3C2=O)sc1NC(=O)c1ccc(OC)c([N+](=O)[O-])c1. The number of ether oxygens (including phenoxy) is 2. The van der Waals surface area contributed by atoms with Gasteiger partial charge in [-0.15, -0.1) is 11.3 Å². The van der Waals surface area contributed by atoms with Crippen LogP contribution >= 0.6 is 11.3 Å². The number of nitro groups is 1. The molecule has 1 aliphatic heterocycles. The van der Waals surface area contributed by atoms with Crippen molar-refractivity contribution >= 4 is 45.7 Å². The Bertz CT molecular complexity index is 1380. The normalized spacial score (nSPS) is 12.3. The molecule has 0 radical (unpaired) electrons. The molecule has 184 valence electrons. The molecule has 0 saturated heterocycles. The van der Waals surface area contributed by atoms with Crippen LogP contribution in [0.4, 0.5) is 10.7 Å². The third kappa shape index (κ3) is 4.53. The monoisotopic (exact) mass is 509 g/mol. The molecule has 2 aromatic carbocycles. The highest BCUT2D eigenvalue weighted by molar-refractivity contribution is 7.16. The fourth-order valence-corrected chi connectivity index (χ4v) is 4.69. The first kappa shape index (κ1) is 24.5. The van der Waals surface area contributed by atoms with Crippen LogP contribution in [0.1, 0.15) is 53.2 Å². The predicted molar refractivity (Wildman–Crippen MR) is 129 cm³/mol. The summed E-state index contributed by atoms with van der Waals surface area (Å²) >= 11 is 0.987. The van der Waals surface area contributed by atoms with Crippen LogP contribution in [0.25, 0.3) is 0 Å². The summed E-state index contributed by atoms with van der Waals surface area (Å²) in [6, 6.07) is 11.6. The van der Waals surface area contributed by atoms with Crippen molar-refractivity contribution in [1.82, 2.24) is 4.90 Å². The number of hydrogen-bond acceptors (Lipinski definition) is 9. The molecule has 3 aromatic rings. The lowest BCUT2D eigenvalue weighted by atomic mass is 10.1. The fourth-order valence-electron chi connectivity index (χ4n) is 3.66. The van der Waals surface area contributed by atoms with Gasteiger partial charge in [0, 0.05) is 16.5 Å².